The first kappa shape index (κ1) is 39.7. The van der Waals surface area contributed by atoms with Gasteiger partial charge >= 0.3 is 0 Å². The molecule has 4 aromatic rings. The lowest BCUT2D eigenvalue weighted by atomic mass is 10.0. The Kier molecular flexibility index (Phi) is 19.4. The van der Waals surface area contributed by atoms with Crippen molar-refractivity contribution in [3.05, 3.63) is 33.5 Å². The lowest BCUT2D eigenvalue weighted by Gasteiger charge is -2.05. The number of hydrogen-bond acceptors (Lipinski definition) is 6. The van der Waals surface area contributed by atoms with Crippen molar-refractivity contribution in [2.45, 2.75) is 195 Å². The summed E-state index contributed by atoms with van der Waals surface area (Å²) in [5, 5.41) is 2.35. The van der Waals surface area contributed by atoms with Crippen molar-refractivity contribution in [2.24, 2.45) is 0 Å². The molecule has 0 aromatic carbocycles. The van der Waals surface area contributed by atoms with Crippen LogP contribution in [-0.2, 0) is 12.8 Å². The fourth-order valence-electron chi connectivity index (χ4n) is 7.09. The molecule has 0 saturated carbocycles. The minimum atomic E-state index is 1.18. The maximum Gasteiger partial charge on any atom is 0.0900 e. The molecule has 268 valence electrons. The molecule has 0 aliphatic carbocycles. The van der Waals surface area contributed by atoms with Gasteiger partial charge in [0.05, 0.1) is 29.5 Å². The topological polar surface area (TPSA) is 25.8 Å². The van der Waals surface area contributed by atoms with E-state index in [4.69, 9.17) is 0 Å². The molecule has 6 heteroatoms. The molecule has 0 unspecified atom stereocenters. The summed E-state index contributed by atoms with van der Waals surface area (Å²) in [6.07, 6.45) is 40.3. The van der Waals surface area contributed by atoms with Gasteiger partial charge in [0.15, 0.2) is 0 Å². The molecular weight excluding hydrogens is 661 g/mol. The second-order valence-electron chi connectivity index (χ2n) is 14.2. The number of unbranched alkanes of at least 4 members (excludes halogenated alkanes) is 22. The first-order valence-corrected chi connectivity index (χ1v) is 23.3. The first-order chi connectivity index (χ1) is 23.6. The summed E-state index contributed by atoms with van der Waals surface area (Å²) in [6, 6.07) is 0. The summed E-state index contributed by atoms with van der Waals surface area (Å²) in [5.41, 5.74) is 3.22. The molecule has 0 fully saturated rings. The molecule has 2 nitrogen and oxygen atoms in total. The van der Waals surface area contributed by atoms with E-state index in [1.54, 1.807) is 20.5 Å². The van der Waals surface area contributed by atoms with Crippen LogP contribution in [0.25, 0.3) is 28.9 Å². The zero-order chi connectivity index (χ0) is 33.8. The van der Waals surface area contributed by atoms with Crippen molar-refractivity contribution >= 4 is 54.7 Å². The van der Waals surface area contributed by atoms with Crippen molar-refractivity contribution in [3.8, 4) is 19.5 Å². The van der Waals surface area contributed by atoms with Crippen LogP contribution in [0.15, 0.2) is 12.4 Å². The minimum absolute atomic E-state index is 1.18. The number of aryl methyl sites for hydroxylation is 4. The lowest BCUT2D eigenvalue weighted by Crippen LogP contribution is -1.87. The zero-order valence-electron chi connectivity index (χ0n) is 31.1. The highest BCUT2D eigenvalue weighted by Gasteiger charge is 2.24. The predicted octanol–water partition coefficient (Wildman–Crippen LogP) is 16.3. The van der Waals surface area contributed by atoms with Crippen LogP contribution in [0, 0.1) is 13.8 Å². The van der Waals surface area contributed by atoms with Gasteiger partial charge in [0.2, 0.25) is 0 Å². The Morgan fingerprint density at radius 2 is 0.688 bits per heavy atom. The zero-order valence-corrected chi connectivity index (χ0v) is 34.3. The molecule has 4 rings (SSSR count). The third-order valence-electron chi connectivity index (χ3n) is 9.96. The Morgan fingerprint density at radius 1 is 0.396 bits per heavy atom. The third-order valence-corrected chi connectivity index (χ3v) is 14.9. The average Bonchev–Trinajstić information content (AvgIpc) is 3.87. The number of thiazole rings is 2. The smallest absolute Gasteiger partial charge is 0.0900 e. The molecule has 48 heavy (non-hydrogen) atoms. The van der Waals surface area contributed by atoms with Crippen LogP contribution in [0.4, 0.5) is 0 Å². The summed E-state index contributed by atoms with van der Waals surface area (Å²) >= 11 is 7.90. The van der Waals surface area contributed by atoms with Crippen molar-refractivity contribution in [1.29, 1.82) is 0 Å². The SMILES string of the molecule is CCCCCCCCCCCCCCc1c(-c2cnc(C)s2)sc2c(CCCCCCCCCCCCCC)c(-c3cnc(C)s3)sc12. The fourth-order valence-corrected chi connectivity index (χ4v) is 11.9. The van der Waals surface area contributed by atoms with Gasteiger partial charge in [0.25, 0.3) is 0 Å². The van der Waals surface area contributed by atoms with E-state index >= 15 is 0 Å². The lowest BCUT2D eigenvalue weighted by molar-refractivity contribution is 0.544. The van der Waals surface area contributed by atoms with Gasteiger partial charge in [-0.2, -0.15) is 0 Å². The number of nitrogens with zero attached hydrogens (tertiary/aromatic N) is 2. The normalized spacial score (nSPS) is 11.8. The second kappa shape index (κ2) is 23.4. The summed E-state index contributed by atoms with van der Waals surface area (Å²) < 4.78 is 3.14. The molecule has 0 aliphatic heterocycles. The predicted molar refractivity (Wildman–Crippen MR) is 221 cm³/mol. The van der Waals surface area contributed by atoms with E-state index < -0.39 is 0 Å². The fraction of sp³-hybridized carbons (Fsp3) is 0.714. The largest absolute Gasteiger partial charge is 0.249 e. The van der Waals surface area contributed by atoms with Gasteiger partial charge in [-0.15, -0.1) is 45.3 Å². The highest BCUT2D eigenvalue weighted by Crippen LogP contribution is 2.51. The number of hydrogen-bond donors (Lipinski definition) is 0. The van der Waals surface area contributed by atoms with Gasteiger partial charge in [0.1, 0.15) is 0 Å². The molecule has 4 heterocycles. The van der Waals surface area contributed by atoms with Crippen molar-refractivity contribution in [1.82, 2.24) is 9.97 Å². The van der Waals surface area contributed by atoms with Crippen LogP contribution >= 0.6 is 45.3 Å². The highest BCUT2D eigenvalue weighted by molar-refractivity contribution is 7.34. The molecule has 0 N–H and O–H groups in total. The molecule has 0 saturated heterocycles. The summed E-state index contributed by atoms with van der Waals surface area (Å²) in [6.45, 7) is 8.92. The standard InChI is InChI=1S/C42H66N2S4/c1-5-7-9-11-13-15-17-19-21-23-25-27-29-35-39(37-31-43-33(3)45-37)47-42-36(40(48-41(35)42)38-32-44-34(4)46-38)30-28-26-24-22-20-18-16-14-12-10-8-6-2/h31-32H,5-30H2,1-4H3. The molecule has 0 spiro atoms. The van der Waals surface area contributed by atoms with Gasteiger partial charge in [-0.05, 0) is 50.7 Å². The van der Waals surface area contributed by atoms with Crippen LogP contribution in [0.1, 0.15) is 189 Å². The Hall–Kier alpha value is -1.08. The van der Waals surface area contributed by atoms with E-state index in [9.17, 15) is 0 Å². The number of rotatable bonds is 28. The number of thiophene rings is 2. The van der Waals surface area contributed by atoms with Gasteiger partial charge in [0, 0.05) is 21.8 Å². The van der Waals surface area contributed by atoms with Crippen LogP contribution in [0.5, 0.6) is 0 Å². The maximum absolute atomic E-state index is 4.68. The molecule has 0 bridgehead atoms. The van der Waals surface area contributed by atoms with Crippen molar-refractivity contribution in [2.75, 3.05) is 0 Å². The quantitative estimate of drug-likeness (QED) is 0.0545. The van der Waals surface area contributed by atoms with E-state index in [0.717, 1.165) is 0 Å². The Morgan fingerprint density at radius 3 is 0.958 bits per heavy atom. The first-order valence-electron chi connectivity index (χ1n) is 20.0. The van der Waals surface area contributed by atoms with Crippen LogP contribution in [0.3, 0.4) is 0 Å². The second-order valence-corrected chi connectivity index (χ2v) is 18.8. The third kappa shape index (κ3) is 13.2. The average molecular weight is 727 g/mol. The van der Waals surface area contributed by atoms with Crippen LogP contribution < -0.4 is 0 Å². The molecule has 0 aliphatic rings. The highest BCUT2D eigenvalue weighted by atomic mass is 32.1. The van der Waals surface area contributed by atoms with Gasteiger partial charge in [-0.25, -0.2) is 9.97 Å². The Balaban J connectivity index is 1.34. The Bertz CT molecular complexity index is 1300. The molecule has 0 radical (unpaired) electrons. The summed E-state index contributed by atoms with van der Waals surface area (Å²) in [5.74, 6) is 0. The number of fused-ring (bicyclic) bond motifs is 1. The van der Waals surface area contributed by atoms with E-state index in [1.165, 1.54) is 196 Å². The van der Waals surface area contributed by atoms with Gasteiger partial charge in [-0.3, -0.25) is 0 Å². The monoisotopic (exact) mass is 726 g/mol. The van der Waals surface area contributed by atoms with Gasteiger partial charge in [-0.1, -0.05) is 155 Å². The van der Waals surface area contributed by atoms with E-state index in [0.29, 0.717) is 0 Å². The van der Waals surface area contributed by atoms with Crippen LogP contribution in [0.2, 0.25) is 0 Å². The van der Waals surface area contributed by atoms with Crippen molar-refractivity contribution < 1.29 is 0 Å². The molecule has 0 atom stereocenters. The van der Waals surface area contributed by atoms with E-state index in [-0.39, 0.29) is 0 Å². The van der Waals surface area contributed by atoms with Gasteiger partial charge < -0.3 is 0 Å². The van der Waals surface area contributed by atoms with E-state index in [1.807, 2.05) is 22.7 Å². The summed E-state index contributed by atoms with van der Waals surface area (Å²) in [4.78, 5) is 15.1. The molecule has 4 aromatic heterocycles. The maximum atomic E-state index is 4.68. The summed E-state index contributed by atoms with van der Waals surface area (Å²) in [7, 11) is 0. The molecular formula is C42H66N2S4. The molecule has 0 amide bonds. The minimum Gasteiger partial charge on any atom is -0.249 e. The van der Waals surface area contributed by atoms with Crippen molar-refractivity contribution in [3.63, 3.8) is 0 Å². The van der Waals surface area contributed by atoms with E-state index in [2.05, 4.69) is 72.7 Å². The Labute approximate surface area is 310 Å². The number of aromatic nitrogens is 2. The van der Waals surface area contributed by atoms with Crippen LogP contribution in [-0.4, -0.2) is 9.97 Å².